The zero-order chi connectivity index (χ0) is 23.5. The lowest BCUT2D eigenvalue weighted by molar-refractivity contribution is -0.0143. The molecule has 0 saturated heterocycles. The molecule has 0 unspecified atom stereocenters. The number of halogens is 3. The molecule has 0 radical (unpaired) electrons. The first kappa shape index (κ1) is 23.0. The van der Waals surface area contributed by atoms with E-state index in [0.717, 1.165) is 17.0 Å². The van der Waals surface area contributed by atoms with E-state index < -0.39 is 40.3 Å². The SMILES string of the molecule is Cn1nnc(-c2ccc(NS(C)(=O)=O)c(F)n2)c1NC(=O)O[C@@H](c1ccccc1)C(F)F. The highest BCUT2D eigenvalue weighted by Crippen LogP contribution is 2.28. The van der Waals surface area contributed by atoms with Crippen molar-refractivity contribution in [3.05, 3.63) is 54.0 Å². The summed E-state index contributed by atoms with van der Waals surface area (Å²) in [6, 6.07) is 9.80. The molecule has 0 aliphatic carbocycles. The smallest absolute Gasteiger partial charge is 0.413 e. The number of benzene rings is 1. The van der Waals surface area contributed by atoms with Gasteiger partial charge < -0.3 is 4.74 Å². The molecule has 0 saturated carbocycles. The van der Waals surface area contributed by atoms with Crippen molar-refractivity contribution in [1.82, 2.24) is 20.0 Å². The fourth-order valence-electron chi connectivity index (χ4n) is 2.66. The Morgan fingerprint density at radius 1 is 1.16 bits per heavy atom. The minimum absolute atomic E-state index is 0.0948. The summed E-state index contributed by atoms with van der Waals surface area (Å²) in [5, 5.41) is 9.74. The minimum Gasteiger partial charge on any atom is -0.435 e. The van der Waals surface area contributed by atoms with Gasteiger partial charge in [0, 0.05) is 7.05 Å². The van der Waals surface area contributed by atoms with Gasteiger partial charge in [-0.05, 0) is 17.7 Å². The second-order valence-electron chi connectivity index (χ2n) is 6.52. The summed E-state index contributed by atoms with van der Waals surface area (Å²) in [6.45, 7) is 0. The van der Waals surface area contributed by atoms with Crippen molar-refractivity contribution in [2.24, 2.45) is 7.05 Å². The summed E-state index contributed by atoms with van der Waals surface area (Å²) in [6.07, 6.45) is -5.18. The molecule has 2 heterocycles. The van der Waals surface area contributed by atoms with E-state index in [1.54, 1.807) is 6.07 Å². The highest BCUT2D eigenvalue weighted by atomic mass is 32.2. The maximum absolute atomic E-state index is 14.2. The van der Waals surface area contributed by atoms with Crippen molar-refractivity contribution in [2.75, 3.05) is 16.3 Å². The second-order valence-corrected chi connectivity index (χ2v) is 8.26. The van der Waals surface area contributed by atoms with Gasteiger partial charge in [0.1, 0.15) is 5.69 Å². The van der Waals surface area contributed by atoms with Crippen LogP contribution >= 0.6 is 0 Å². The van der Waals surface area contributed by atoms with Crippen molar-refractivity contribution in [1.29, 1.82) is 0 Å². The highest BCUT2D eigenvalue weighted by molar-refractivity contribution is 7.92. The monoisotopic (exact) mass is 470 g/mol. The Hall–Kier alpha value is -3.68. The number of pyridine rings is 1. The zero-order valence-corrected chi connectivity index (χ0v) is 17.5. The number of alkyl halides is 2. The Balaban J connectivity index is 1.83. The van der Waals surface area contributed by atoms with Gasteiger partial charge in [-0.25, -0.2) is 31.7 Å². The van der Waals surface area contributed by atoms with Crippen LogP contribution in [0.2, 0.25) is 0 Å². The number of ether oxygens (including phenoxy) is 1. The van der Waals surface area contributed by atoms with Crippen LogP contribution in [-0.4, -0.2) is 47.2 Å². The Kier molecular flexibility index (Phi) is 6.62. The summed E-state index contributed by atoms with van der Waals surface area (Å²) in [4.78, 5) is 15.9. The van der Waals surface area contributed by atoms with Crippen molar-refractivity contribution in [3.8, 4) is 11.4 Å². The fourth-order valence-corrected chi connectivity index (χ4v) is 3.21. The molecule has 10 nitrogen and oxygen atoms in total. The highest BCUT2D eigenvalue weighted by Gasteiger charge is 2.28. The minimum atomic E-state index is -3.74. The molecule has 2 N–H and O–H groups in total. The van der Waals surface area contributed by atoms with Crippen LogP contribution in [0.1, 0.15) is 11.7 Å². The Morgan fingerprint density at radius 2 is 1.84 bits per heavy atom. The Morgan fingerprint density at radius 3 is 2.44 bits per heavy atom. The van der Waals surface area contributed by atoms with E-state index in [-0.39, 0.29) is 22.8 Å². The number of nitrogens with one attached hydrogen (secondary N) is 2. The standard InChI is InChI=1S/C18H17F3N6O4S/c1-27-17(23-18(28)31-14(15(19)20)10-6-4-3-5-7-10)13(24-26-27)11-8-9-12(16(21)22-11)25-32(2,29)30/h3-9,14-15,25H,1-2H3,(H,23,28)/t14-/m0/s1. The van der Waals surface area contributed by atoms with Crippen LogP contribution in [0.4, 0.5) is 29.5 Å². The van der Waals surface area contributed by atoms with Crippen LogP contribution < -0.4 is 10.0 Å². The molecule has 0 aliphatic rings. The number of carbonyl (C=O) groups is 1. The lowest BCUT2D eigenvalue weighted by Crippen LogP contribution is -2.23. The van der Waals surface area contributed by atoms with Crippen molar-refractivity contribution in [3.63, 3.8) is 0 Å². The van der Waals surface area contributed by atoms with Crippen LogP contribution in [0, 0.1) is 5.95 Å². The predicted octanol–water partition coefficient (Wildman–Crippen LogP) is 2.94. The van der Waals surface area contributed by atoms with Gasteiger partial charge in [-0.1, -0.05) is 35.5 Å². The predicted molar refractivity (Wildman–Crippen MR) is 108 cm³/mol. The third-order valence-corrected chi connectivity index (χ3v) is 4.62. The maximum Gasteiger partial charge on any atom is 0.413 e. The van der Waals surface area contributed by atoms with E-state index in [0.29, 0.717) is 0 Å². The molecule has 32 heavy (non-hydrogen) atoms. The molecule has 170 valence electrons. The summed E-state index contributed by atoms with van der Waals surface area (Å²) in [7, 11) is -2.34. The van der Waals surface area contributed by atoms with E-state index in [2.05, 4.69) is 20.6 Å². The molecule has 1 atom stereocenters. The first-order valence-electron chi connectivity index (χ1n) is 8.90. The summed E-state index contributed by atoms with van der Waals surface area (Å²) in [5.41, 5.74) is -0.489. The Bertz CT molecular complexity index is 1220. The van der Waals surface area contributed by atoms with Crippen LogP contribution in [0.15, 0.2) is 42.5 Å². The molecule has 1 amide bonds. The lowest BCUT2D eigenvalue weighted by Gasteiger charge is -2.18. The number of rotatable bonds is 7. The molecule has 2 aromatic heterocycles. The third-order valence-electron chi connectivity index (χ3n) is 4.02. The fraction of sp³-hybridized carbons (Fsp3) is 0.222. The van der Waals surface area contributed by atoms with E-state index in [9.17, 15) is 26.4 Å². The molecule has 14 heteroatoms. The maximum atomic E-state index is 14.2. The molecule has 0 fully saturated rings. The third kappa shape index (κ3) is 5.51. The quantitative estimate of drug-likeness (QED) is 0.508. The second kappa shape index (κ2) is 9.21. The number of carbonyl (C=O) groups excluding carboxylic acids is 1. The van der Waals surface area contributed by atoms with E-state index in [1.807, 2.05) is 4.72 Å². The van der Waals surface area contributed by atoms with Gasteiger partial charge in [-0.3, -0.25) is 10.0 Å². The molecular formula is C18H17F3N6O4S. The zero-order valence-electron chi connectivity index (χ0n) is 16.7. The number of aromatic nitrogens is 4. The molecule has 0 spiro atoms. The largest absolute Gasteiger partial charge is 0.435 e. The molecule has 3 aromatic rings. The van der Waals surface area contributed by atoms with E-state index in [4.69, 9.17) is 4.74 Å². The van der Waals surface area contributed by atoms with Crippen molar-refractivity contribution < 1.29 is 31.1 Å². The molecule has 0 bridgehead atoms. The first-order valence-corrected chi connectivity index (χ1v) is 10.8. The molecule has 0 aliphatic heterocycles. The topological polar surface area (TPSA) is 128 Å². The van der Waals surface area contributed by atoms with Crippen molar-refractivity contribution >= 4 is 27.6 Å². The van der Waals surface area contributed by atoms with Gasteiger partial charge in [-0.2, -0.15) is 4.39 Å². The van der Waals surface area contributed by atoms with Crippen LogP contribution in [0.25, 0.3) is 11.4 Å². The first-order chi connectivity index (χ1) is 15.0. The summed E-state index contributed by atoms with van der Waals surface area (Å²) < 4.78 is 71.5. The molecule has 1 aromatic carbocycles. The average Bonchev–Trinajstić information content (AvgIpc) is 3.07. The van der Waals surface area contributed by atoms with Gasteiger partial charge in [0.25, 0.3) is 6.43 Å². The van der Waals surface area contributed by atoms with Gasteiger partial charge in [0.05, 0.1) is 11.9 Å². The van der Waals surface area contributed by atoms with Gasteiger partial charge >= 0.3 is 6.09 Å². The summed E-state index contributed by atoms with van der Waals surface area (Å²) >= 11 is 0. The number of sulfonamides is 1. The average molecular weight is 470 g/mol. The van der Waals surface area contributed by atoms with Crippen LogP contribution in [0.5, 0.6) is 0 Å². The van der Waals surface area contributed by atoms with Gasteiger partial charge in [0.15, 0.2) is 17.6 Å². The normalized spacial score (nSPS) is 12.4. The van der Waals surface area contributed by atoms with Crippen molar-refractivity contribution in [2.45, 2.75) is 12.5 Å². The van der Waals surface area contributed by atoms with Crippen LogP contribution in [0.3, 0.4) is 0 Å². The number of amides is 1. The number of aryl methyl sites for hydroxylation is 1. The number of hydrogen-bond acceptors (Lipinski definition) is 7. The van der Waals surface area contributed by atoms with E-state index >= 15 is 0 Å². The Labute approximate surface area is 180 Å². The number of hydrogen-bond donors (Lipinski definition) is 2. The van der Waals surface area contributed by atoms with Gasteiger partial charge in [0.2, 0.25) is 16.0 Å². The lowest BCUT2D eigenvalue weighted by atomic mass is 10.1. The van der Waals surface area contributed by atoms with E-state index in [1.165, 1.54) is 37.4 Å². The number of nitrogens with zero attached hydrogens (tertiary/aromatic N) is 4. The summed E-state index contributed by atoms with van der Waals surface area (Å²) in [5.74, 6) is -1.25. The molecular weight excluding hydrogens is 453 g/mol. The van der Waals surface area contributed by atoms with Crippen LogP contribution in [-0.2, 0) is 21.8 Å². The molecule has 3 rings (SSSR count). The van der Waals surface area contributed by atoms with Gasteiger partial charge in [-0.15, -0.1) is 5.10 Å². The number of anilines is 2.